The van der Waals surface area contributed by atoms with E-state index in [0.29, 0.717) is 28.0 Å². The Morgan fingerprint density at radius 2 is 1.74 bits per heavy atom. The minimum absolute atomic E-state index is 0.203. The van der Waals surface area contributed by atoms with Crippen LogP contribution < -0.4 is 5.56 Å². The zero-order valence-corrected chi connectivity index (χ0v) is 18.7. The lowest BCUT2D eigenvalue weighted by molar-refractivity contribution is 0.430. The highest BCUT2D eigenvalue weighted by Gasteiger charge is 2.19. The monoisotopic (exact) mass is 490 g/mol. The molecule has 0 bridgehead atoms. The van der Waals surface area contributed by atoms with Gasteiger partial charge in [-0.05, 0) is 54.8 Å². The van der Waals surface area contributed by atoms with Crippen LogP contribution in [0.25, 0.3) is 39.4 Å². The first-order chi connectivity index (χ1) is 15.1. The molecule has 6 nitrogen and oxygen atoms in total. The molecule has 0 radical (unpaired) electrons. The third-order valence-electron chi connectivity index (χ3n) is 4.83. The predicted molar refractivity (Wildman–Crippen MR) is 126 cm³/mol. The third-order valence-corrected chi connectivity index (χ3v) is 6.09. The second-order valence-corrected chi connectivity index (χ2v) is 8.54. The SMILES string of the molecule is CSc1cccc(-n2nc(-c3nc(-c4ccc(Br)cc4)no3)c3ccccc3c2=O)c1. The molecule has 0 saturated carbocycles. The maximum absolute atomic E-state index is 13.2. The first kappa shape index (κ1) is 19.7. The molecule has 0 aliphatic rings. The molecule has 0 spiro atoms. The summed E-state index contributed by atoms with van der Waals surface area (Å²) in [5, 5.41) is 9.94. The quantitative estimate of drug-likeness (QED) is 0.306. The van der Waals surface area contributed by atoms with Crippen molar-refractivity contribution < 1.29 is 4.52 Å². The van der Waals surface area contributed by atoms with Gasteiger partial charge in [-0.1, -0.05) is 45.4 Å². The van der Waals surface area contributed by atoms with Crippen LogP contribution in [0.3, 0.4) is 0 Å². The molecular formula is C23H15BrN4O2S. The van der Waals surface area contributed by atoms with E-state index >= 15 is 0 Å². The van der Waals surface area contributed by atoms with Crippen LogP contribution >= 0.6 is 27.7 Å². The molecule has 8 heteroatoms. The van der Waals surface area contributed by atoms with Crippen LogP contribution in [0.15, 0.2) is 91.5 Å². The zero-order chi connectivity index (χ0) is 21.4. The van der Waals surface area contributed by atoms with Crippen LogP contribution in [0.2, 0.25) is 0 Å². The number of nitrogens with zero attached hydrogens (tertiary/aromatic N) is 4. The molecule has 0 N–H and O–H groups in total. The van der Waals surface area contributed by atoms with Crippen LogP contribution in [0.5, 0.6) is 0 Å². The smallest absolute Gasteiger partial charge is 0.279 e. The number of thioether (sulfide) groups is 1. The molecule has 0 unspecified atom stereocenters. The third kappa shape index (κ3) is 3.68. The van der Waals surface area contributed by atoms with E-state index < -0.39 is 0 Å². The summed E-state index contributed by atoms with van der Waals surface area (Å²) in [4.78, 5) is 18.8. The van der Waals surface area contributed by atoms with Crippen molar-refractivity contribution in [3.8, 4) is 28.7 Å². The Hall–Kier alpha value is -3.23. The topological polar surface area (TPSA) is 73.8 Å². The van der Waals surface area contributed by atoms with Crippen molar-refractivity contribution in [3.63, 3.8) is 0 Å². The molecule has 152 valence electrons. The summed E-state index contributed by atoms with van der Waals surface area (Å²) >= 11 is 5.03. The Morgan fingerprint density at radius 1 is 0.968 bits per heavy atom. The van der Waals surface area contributed by atoms with Gasteiger partial charge in [0, 0.05) is 20.3 Å². The maximum atomic E-state index is 13.2. The zero-order valence-electron chi connectivity index (χ0n) is 16.3. The molecule has 3 aromatic carbocycles. The van der Waals surface area contributed by atoms with E-state index in [1.165, 1.54) is 4.68 Å². The lowest BCUT2D eigenvalue weighted by atomic mass is 10.1. The van der Waals surface area contributed by atoms with Crippen LogP contribution in [0.4, 0.5) is 0 Å². The standard InChI is InChI=1S/C23H15BrN4O2S/c1-31-17-6-4-5-16(13-17)28-23(29)19-8-3-2-7-18(19)20(26-28)22-25-21(27-30-22)14-9-11-15(24)12-10-14/h2-13H,1H3. The van der Waals surface area contributed by atoms with Gasteiger partial charge in [-0.25, -0.2) is 0 Å². The Balaban J connectivity index is 1.71. The predicted octanol–water partition coefficient (Wildman–Crippen LogP) is 5.59. The van der Waals surface area contributed by atoms with Gasteiger partial charge in [0.05, 0.1) is 11.1 Å². The normalized spacial score (nSPS) is 11.2. The summed E-state index contributed by atoms with van der Waals surface area (Å²) < 4.78 is 7.92. The Bertz CT molecular complexity index is 1460. The molecule has 0 aliphatic heterocycles. The average molecular weight is 491 g/mol. The molecule has 0 fully saturated rings. The fourth-order valence-electron chi connectivity index (χ4n) is 3.30. The van der Waals surface area contributed by atoms with Gasteiger partial charge in [-0.15, -0.1) is 11.8 Å². The Labute approximate surface area is 190 Å². The molecule has 2 heterocycles. The molecule has 5 aromatic rings. The number of aromatic nitrogens is 4. The van der Waals surface area contributed by atoms with Crippen molar-refractivity contribution in [2.75, 3.05) is 6.26 Å². The van der Waals surface area contributed by atoms with Gasteiger partial charge < -0.3 is 4.52 Å². The first-order valence-corrected chi connectivity index (χ1v) is 11.4. The van der Waals surface area contributed by atoms with Crippen LogP contribution in [-0.4, -0.2) is 26.2 Å². The molecule has 0 atom stereocenters. The molecule has 5 rings (SSSR count). The fraction of sp³-hybridized carbons (Fsp3) is 0.0435. The van der Waals surface area contributed by atoms with E-state index in [9.17, 15) is 4.79 Å². The van der Waals surface area contributed by atoms with Crippen molar-refractivity contribution in [1.82, 2.24) is 19.9 Å². The Kier molecular flexibility index (Phi) is 5.17. The molecule has 2 aromatic heterocycles. The Morgan fingerprint density at radius 3 is 2.52 bits per heavy atom. The van der Waals surface area contributed by atoms with Crippen molar-refractivity contribution in [1.29, 1.82) is 0 Å². The summed E-state index contributed by atoms with van der Waals surface area (Å²) in [6, 6.07) is 22.6. The molecule has 0 amide bonds. The van der Waals surface area contributed by atoms with E-state index in [1.54, 1.807) is 17.8 Å². The highest BCUT2D eigenvalue weighted by atomic mass is 79.9. The van der Waals surface area contributed by atoms with E-state index in [4.69, 9.17) is 4.52 Å². The van der Waals surface area contributed by atoms with Crippen LogP contribution in [0, 0.1) is 0 Å². The summed E-state index contributed by atoms with van der Waals surface area (Å²) in [5.41, 5.74) is 1.76. The second kappa shape index (κ2) is 8.13. The lowest BCUT2D eigenvalue weighted by Gasteiger charge is -2.10. The lowest BCUT2D eigenvalue weighted by Crippen LogP contribution is -2.22. The van der Waals surface area contributed by atoms with Gasteiger partial charge >= 0.3 is 0 Å². The van der Waals surface area contributed by atoms with Crippen LogP contribution in [-0.2, 0) is 0 Å². The number of halogens is 1. The molecule has 0 saturated heterocycles. The number of benzene rings is 3. The van der Waals surface area contributed by atoms with Gasteiger partial charge in [-0.2, -0.15) is 14.8 Å². The summed E-state index contributed by atoms with van der Waals surface area (Å²) in [7, 11) is 0. The van der Waals surface area contributed by atoms with Crippen molar-refractivity contribution in [2.24, 2.45) is 0 Å². The van der Waals surface area contributed by atoms with Crippen molar-refractivity contribution >= 4 is 38.5 Å². The van der Waals surface area contributed by atoms with E-state index in [0.717, 1.165) is 14.9 Å². The summed E-state index contributed by atoms with van der Waals surface area (Å²) in [5.74, 6) is 0.708. The van der Waals surface area contributed by atoms with Gasteiger partial charge in [-0.3, -0.25) is 4.79 Å². The maximum Gasteiger partial charge on any atom is 0.279 e. The van der Waals surface area contributed by atoms with Crippen molar-refractivity contribution in [3.05, 3.63) is 87.6 Å². The highest BCUT2D eigenvalue weighted by molar-refractivity contribution is 9.10. The van der Waals surface area contributed by atoms with E-state index in [-0.39, 0.29) is 11.4 Å². The number of rotatable bonds is 4. The van der Waals surface area contributed by atoms with Crippen LogP contribution in [0.1, 0.15) is 0 Å². The average Bonchev–Trinajstić information content (AvgIpc) is 3.30. The summed E-state index contributed by atoms with van der Waals surface area (Å²) in [6.45, 7) is 0. The van der Waals surface area contributed by atoms with Gasteiger partial charge in [0.2, 0.25) is 5.82 Å². The van der Waals surface area contributed by atoms with E-state index in [1.807, 2.05) is 73.0 Å². The minimum atomic E-state index is -0.203. The largest absolute Gasteiger partial charge is 0.332 e. The summed E-state index contributed by atoms with van der Waals surface area (Å²) in [6.07, 6.45) is 1.99. The molecule has 31 heavy (non-hydrogen) atoms. The second-order valence-electron chi connectivity index (χ2n) is 6.74. The highest BCUT2D eigenvalue weighted by Crippen LogP contribution is 2.27. The molecule has 0 aliphatic carbocycles. The minimum Gasteiger partial charge on any atom is -0.332 e. The molecular weight excluding hydrogens is 476 g/mol. The first-order valence-electron chi connectivity index (χ1n) is 9.40. The fourth-order valence-corrected chi connectivity index (χ4v) is 4.02. The number of hydrogen-bond acceptors (Lipinski definition) is 6. The van der Waals surface area contributed by atoms with Gasteiger partial charge in [0.25, 0.3) is 11.4 Å². The van der Waals surface area contributed by atoms with E-state index in [2.05, 4.69) is 31.2 Å². The van der Waals surface area contributed by atoms with Crippen molar-refractivity contribution in [2.45, 2.75) is 4.90 Å². The number of hydrogen-bond donors (Lipinski definition) is 0. The van der Waals surface area contributed by atoms with Gasteiger partial charge in [0.1, 0.15) is 0 Å². The number of fused-ring (bicyclic) bond motifs is 1. The van der Waals surface area contributed by atoms with Gasteiger partial charge in [0.15, 0.2) is 5.69 Å².